The minimum Gasteiger partial charge on any atom is -0.493 e. The van der Waals surface area contributed by atoms with Crippen molar-refractivity contribution in [3.63, 3.8) is 0 Å². The second kappa shape index (κ2) is 12.8. The Kier molecular flexibility index (Phi) is 9.07. The number of hydrogen-bond acceptors (Lipinski definition) is 8. The largest absolute Gasteiger partial charge is 0.493 e. The normalized spacial score (nSPS) is 11.0. The number of aromatic nitrogens is 2. The Balaban J connectivity index is 1.41. The highest BCUT2D eigenvalue weighted by atomic mass is 19.1. The Bertz CT molecular complexity index is 1360. The monoisotopic (exact) mass is 517 g/mol. The van der Waals surface area contributed by atoms with E-state index in [1.54, 1.807) is 19.2 Å². The fraction of sp³-hybridized carbons (Fsp3) is 0.241. The Morgan fingerprint density at radius 2 is 1.76 bits per heavy atom. The summed E-state index contributed by atoms with van der Waals surface area (Å²) in [7, 11) is 5.69. The molecule has 0 unspecified atom stereocenters. The second-order valence-corrected chi connectivity index (χ2v) is 8.95. The minimum absolute atomic E-state index is 0.279. The van der Waals surface area contributed by atoms with Crippen LogP contribution in [0.4, 0.5) is 15.9 Å². The molecule has 0 amide bonds. The number of anilines is 2. The molecule has 38 heavy (non-hydrogen) atoms. The topological polar surface area (TPSA) is 80.8 Å². The Hall–Kier alpha value is -4.21. The van der Waals surface area contributed by atoms with Crippen molar-refractivity contribution in [3.05, 3.63) is 90.5 Å². The molecular weight excluding hydrogens is 485 g/mol. The van der Waals surface area contributed by atoms with Crippen molar-refractivity contribution < 1.29 is 18.7 Å². The molecule has 2 N–H and O–H groups in total. The van der Waals surface area contributed by atoms with E-state index in [1.165, 1.54) is 18.5 Å². The van der Waals surface area contributed by atoms with E-state index < -0.39 is 0 Å². The van der Waals surface area contributed by atoms with Crippen LogP contribution >= 0.6 is 0 Å². The Labute approximate surface area is 222 Å². The van der Waals surface area contributed by atoms with Gasteiger partial charge in [-0.05, 0) is 62.0 Å². The fourth-order valence-corrected chi connectivity index (χ4v) is 3.74. The molecule has 0 saturated carbocycles. The van der Waals surface area contributed by atoms with Crippen LogP contribution in [0, 0.1) is 5.82 Å². The molecule has 0 saturated heterocycles. The molecular formula is C29H32FN5O3. The van der Waals surface area contributed by atoms with Gasteiger partial charge in [0.25, 0.3) is 0 Å². The number of nitrogens with one attached hydrogen (secondary N) is 2. The number of halogens is 1. The van der Waals surface area contributed by atoms with Crippen molar-refractivity contribution in [1.82, 2.24) is 20.3 Å². The molecule has 4 rings (SSSR count). The van der Waals surface area contributed by atoms with E-state index in [2.05, 4.69) is 32.2 Å². The van der Waals surface area contributed by atoms with Crippen molar-refractivity contribution in [1.29, 1.82) is 0 Å². The number of nitrogens with zero attached hydrogens (tertiary/aromatic N) is 3. The molecule has 0 radical (unpaired) electrons. The maximum absolute atomic E-state index is 13.0. The first-order valence-electron chi connectivity index (χ1n) is 12.2. The summed E-state index contributed by atoms with van der Waals surface area (Å²) in [6.07, 6.45) is 2.41. The zero-order chi connectivity index (χ0) is 26.9. The van der Waals surface area contributed by atoms with Gasteiger partial charge in [-0.2, -0.15) is 0 Å². The average Bonchev–Trinajstić information content (AvgIpc) is 2.92. The van der Waals surface area contributed by atoms with Crippen LogP contribution in [-0.4, -0.2) is 49.2 Å². The highest BCUT2D eigenvalue weighted by molar-refractivity contribution is 5.93. The van der Waals surface area contributed by atoms with Gasteiger partial charge in [-0.25, -0.2) is 14.4 Å². The van der Waals surface area contributed by atoms with Gasteiger partial charge in [-0.15, -0.1) is 0 Å². The van der Waals surface area contributed by atoms with Gasteiger partial charge in [0.15, 0.2) is 11.5 Å². The molecule has 4 aromatic rings. The zero-order valence-electron chi connectivity index (χ0n) is 21.8. The summed E-state index contributed by atoms with van der Waals surface area (Å²) in [5, 5.41) is 4.18. The van der Waals surface area contributed by atoms with Gasteiger partial charge in [0.1, 0.15) is 18.0 Å². The third kappa shape index (κ3) is 7.18. The number of ether oxygens (including phenoxy) is 2. The lowest BCUT2D eigenvalue weighted by atomic mass is 10.1. The zero-order valence-corrected chi connectivity index (χ0v) is 21.8. The molecule has 0 spiro atoms. The van der Waals surface area contributed by atoms with Crippen LogP contribution in [0.25, 0.3) is 16.6 Å². The first-order chi connectivity index (χ1) is 18.4. The van der Waals surface area contributed by atoms with E-state index in [9.17, 15) is 4.39 Å². The summed E-state index contributed by atoms with van der Waals surface area (Å²) in [5.74, 6) is 1.65. The van der Waals surface area contributed by atoms with Gasteiger partial charge in [0, 0.05) is 23.7 Å². The minimum atomic E-state index is -0.279. The van der Waals surface area contributed by atoms with Crippen molar-refractivity contribution in [2.45, 2.75) is 13.0 Å². The predicted molar refractivity (Wildman–Crippen MR) is 148 cm³/mol. The summed E-state index contributed by atoms with van der Waals surface area (Å²) in [4.78, 5) is 16.5. The van der Waals surface area contributed by atoms with E-state index in [4.69, 9.17) is 14.3 Å². The quantitative estimate of drug-likeness (QED) is 0.177. The molecule has 0 aliphatic rings. The number of benzene rings is 3. The average molecular weight is 518 g/mol. The van der Waals surface area contributed by atoms with Crippen molar-refractivity contribution in [2.75, 3.05) is 39.7 Å². The van der Waals surface area contributed by atoms with Gasteiger partial charge in [-0.1, -0.05) is 30.8 Å². The Morgan fingerprint density at radius 1 is 1.00 bits per heavy atom. The van der Waals surface area contributed by atoms with E-state index >= 15 is 0 Å². The molecule has 0 atom stereocenters. The van der Waals surface area contributed by atoms with Crippen molar-refractivity contribution in [3.8, 4) is 11.5 Å². The van der Waals surface area contributed by atoms with Crippen molar-refractivity contribution in [2.24, 2.45) is 0 Å². The van der Waals surface area contributed by atoms with E-state index in [1.807, 2.05) is 50.5 Å². The van der Waals surface area contributed by atoms with E-state index in [0.717, 1.165) is 40.7 Å². The maximum Gasteiger partial charge on any atom is 0.162 e. The third-order valence-corrected chi connectivity index (χ3v) is 5.77. The second-order valence-electron chi connectivity index (χ2n) is 8.95. The molecule has 9 heteroatoms. The fourth-order valence-electron chi connectivity index (χ4n) is 3.74. The number of fused-ring (bicyclic) bond motifs is 1. The van der Waals surface area contributed by atoms with Gasteiger partial charge < -0.3 is 19.7 Å². The predicted octanol–water partition coefficient (Wildman–Crippen LogP) is 5.54. The van der Waals surface area contributed by atoms with Crippen LogP contribution in [0.2, 0.25) is 0 Å². The highest BCUT2D eigenvalue weighted by Crippen LogP contribution is 2.35. The molecule has 1 aromatic heterocycles. The Morgan fingerprint density at radius 3 is 2.47 bits per heavy atom. The summed E-state index contributed by atoms with van der Waals surface area (Å²) in [6, 6.07) is 17.6. The molecule has 8 nitrogen and oxygen atoms in total. The summed E-state index contributed by atoms with van der Waals surface area (Å²) >= 11 is 0. The van der Waals surface area contributed by atoms with Gasteiger partial charge in [-0.3, -0.25) is 10.3 Å². The van der Waals surface area contributed by atoms with Gasteiger partial charge in [0.2, 0.25) is 0 Å². The third-order valence-electron chi connectivity index (χ3n) is 5.77. The van der Waals surface area contributed by atoms with Crippen LogP contribution in [0.15, 0.2) is 73.6 Å². The lowest BCUT2D eigenvalue weighted by molar-refractivity contribution is 0.0648. The van der Waals surface area contributed by atoms with Crippen LogP contribution in [0.5, 0.6) is 11.5 Å². The van der Waals surface area contributed by atoms with Crippen LogP contribution in [-0.2, 0) is 11.4 Å². The maximum atomic E-state index is 13.0. The SMILES string of the molecule is C=C(NOCc1ccc(F)cc1)c1ccc(Nc2ncnc3cc(OC)c(OCCCN(C)C)cc23)cc1. The first kappa shape index (κ1) is 26.8. The lowest BCUT2D eigenvalue weighted by Crippen LogP contribution is -2.15. The number of hydroxylamine groups is 1. The number of rotatable bonds is 13. The number of hydrogen-bond donors (Lipinski definition) is 2. The smallest absolute Gasteiger partial charge is 0.162 e. The van der Waals surface area contributed by atoms with Crippen LogP contribution in [0.3, 0.4) is 0 Å². The van der Waals surface area contributed by atoms with E-state index in [-0.39, 0.29) is 12.4 Å². The molecule has 0 bridgehead atoms. The highest BCUT2D eigenvalue weighted by Gasteiger charge is 2.12. The molecule has 3 aromatic carbocycles. The van der Waals surface area contributed by atoms with Crippen LogP contribution in [0.1, 0.15) is 17.5 Å². The van der Waals surface area contributed by atoms with Crippen LogP contribution < -0.4 is 20.3 Å². The summed E-state index contributed by atoms with van der Waals surface area (Å²) in [6.45, 7) is 5.82. The summed E-state index contributed by atoms with van der Waals surface area (Å²) in [5.41, 5.74) is 6.75. The molecule has 1 heterocycles. The summed E-state index contributed by atoms with van der Waals surface area (Å²) < 4.78 is 24.6. The van der Waals surface area contributed by atoms with Gasteiger partial charge in [0.05, 0.1) is 31.5 Å². The molecule has 198 valence electrons. The standard InChI is InChI=1S/C29H32FN5O3/c1-20(34-38-18-21-6-10-23(30)11-7-21)22-8-12-24(13-9-22)33-29-25-16-28(37-15-5-14-35(2)3)27(36-4)17-26(25)31-19-32-29/h6-13,16-17,19,34H,1,5,14-15,18H2,2-4H3,(H,31,32,33). The lowest BCUT2D eigenvalue weighted by Gasteiger charge is -2.15. The molecule has 0 aliphatic carbocycles. The van der Waals surface area contributed by atoms with E-state index in [0.29, 0.717) is 29.6 Å². The molecule has 0 aliphatic heterocycles. The van der Waals surface area contributed by atoms with Gasteiger partial charge >= 0.3 is 0 Å². The van der Waals surface area contributed by atoms with Crippen molar-refractivity contribution >= 4 is 28.1 Å². The molecule has 0 fully saturated rings. The number of methoxy groups -OCH3 is 1. The first-order valence-corrected chi connectivity index (χ1v) is 12.2.